The summed E-state index contributed by atoms with van der Waals surface area (Å²) in [5.41, 5.74) is -0.861. The highest BCUT2D eigenvalue weighted by molar-refractivity contribution is 5.47. The first-order valence-electron chi connectivity index (χ1n) is 7.40. The number of anilines is 1. The van der Waals surface area contributed by atoms with Gasteiger partial charge >= 0.3 is 6.18 Å². The molecule has 0 aromatic heterocycles. The molecule has 1 aromatic carbocycles. The highest BCUT2D eigenvalue weighted by Gasteiger charge is 2.34. The highest BCUT2D eigenvalue weighted by Crippen LogP contribution is 2.35. The second kappa shape index (κ2) is 6.24. The Morgan fingerprint density at radius 2 is 1.71 bits per heavy atom. The van der Waals surface area contributed by atoms with Crippen LogP contribution in [0.25, 0.3) is 0 Å². The summed E-state index contributed by atoms with van der Waals surface area (Å²) in [6, 6.07) is 3.29. The van der Waals surface area contributed by atoms with Gasteiger partial charge in [0.15, 0.2) is 0 Å². The first-order valence-corrected chi connectivity index (χ1v) is 7.40. The summed E-state index contributed by atoms with van der Waals surface area (Å²) in [7, 11) is 0. The summed E-state index contributed by atoms with van der Waals surface area (Å²) in [5, 5.41) is 3.11. The number of benzene rings is 1. The van der Waals surface area contributed by atoms with Crippen LogP contribution in [0.2, 0.25) is 0 Å². The Morgan fingerprint density at radius 1 is 1.10 bits per heavy atom. The van der Waals surface area contributed by atoms with E-state index in [4.69, 9.17) is 0 Å². The van der Waals surface area contributed by atoms with Crippen LogP contribution in [0.4, 0.5) is 23.2 Å². The van der Waals surface area contributed by atoms with Crippen LogP contribution in [0, 0.1) is 17.7 Å². The number of alkyl halides is 3. The van der Waals surface area contributed by atoms with Gasteiger partial charge in [0, 0.05) is 11.7 Å². The molecule has 2 rings (SSSR count). The molecule has 0 radical (unpaired) electrons. The van der Waals surface area contributed by atoms with E-state index in [-0.39, 0.29) is 6.04 Å². The van der Waals surface area contributed by atoms with Gasteiger partial charge in [-0.1, -0.05) is 13.8 Å². The summed E-state index contributed by atoms with van der Waals surface area (Å²) >= 11 is 0. The third-order valence-electron chi connectivity index (χ3n) is 4.36. The fourth-order valence-electron chi connectivity index (χ4n) is 3.00. The maximum Gasteiger partial charge on any atom is 0.419 e. The molecule has 1 fully saturated rings. The lowest BCUT2D eigenvalue weighted by atomic mass is 9.79. The average Bonchev–Trinajstić information content (AvgIpc) is 2.40. The van der Waals surface area contributed by atoms with Gasteiger partial charge in [-0.05, 0) is 55.7 Å². The SMILES string of the molecule is CC(C)C1CCC(Nc2ccc(F)c(C(F)(F)F)c2)CC1. The fraction of sp³-hybridized carbons (Fsp3) is 0.625. The Balaban J connectivity index is 2.01. The zero-order valence-corrected chi connectivity index (χ0v) is 12.3. The minimum absolute atomic E-state index is 0.173. The van der Waals surface area contributed by atoms with Gasteiger partial charge in [-0.2, -0.15) is 13.2 Å². The van der Waals surface area contributed by atoms with Crippen molar-refractivity contribution < 1.29 is 17.6 Å². The molecular weight excluding hydrogens is 282 g/mol. The van der Waals surface area contributed by atoms with Gasteiger partial charge < -0.3 is 5.32 Å². The van der Waals surface area contributed by atoms with Crippen molar-refractivity contribution in [1.29, 1.82) is 0 Å². The number of hydrogen-bond donors (Lipinski definition) is 1. The monoisotopic (exact) mass is 303 g/mol. The zero-order chi connectivity index (χ0) is 15.6. The van der Waals surface area contributed by atoms with E-state index < -0.39 is 17.6 Å². The normalized spacial score (nSPS) is 23.4. The smallest absolute Gasteiger partial charge is 0.382 e. The molecule has 0 bridgehead atoms. The largest absolute Gasteiger partial charge is 0.419 e. The molecule has 21 heavy (non-hydrogen) atoms. The predicted octanol–water partition coefficient (Wildman–Crippen LogP) is 5.47. The van der Waals surface area contributed by atoms with Gasteiger partial charge in [-0.3, -0.25) is 0 Å². The lowest BCUT2D eigenvalue weighted by Gasteiger charge is -2.32. The summed E-state index contributed by atoms with van der Waals surface area (Å²) in [6.45, 7) is 4.40. The van der Waals surface area contributed by atoms with Crippen molar-refractivity contribution in [2.75, 3.05) is 5.32 Å². The molecule has 1 N–H and O–H groups in total. The lowest BCUT2D eigenvalue weighted by Crippen LogP contribution is -2.28. The van der Waals surface area contributed by atoms with Crippen molar-refractivity contribution in [1.82, 2.24) is 0 Å². The molecule has 1 aliphatic rings. The summed E-state index contributed by atoms with van der Waals surface area (Å²) in [6.07, 6.45) is -0.592. The van der Waals surface area contributed by atoms with E-state index >= 15 is 0 Å². The van der Waals surface area contributed by atoms with E-state index in [0.717, 1.165) is 37.8 Å². The maximum absolute atomic E-state index is 13.2. The van der Waals surface area contributed by atoms with E-state index in [1.54, 1.807) is 0 Å². The maximum atomic E-state index is 13.2. The summed E-state index contributed by atoms with van der Waals surface area (Å²) in [5.74, 6) is 0.118. The molecule has 0 atom stereocenters. The molecule has 118 valence electrons. The van der Waals surface area contributed by atoms with E-state index in [0.29, 0.717) is 17.5 Å². The van der Waals surface area contributed by atoms with Crippen LogP contribution < -0.4 is 5.32 Å². The molecule has 1 aromatic rings. The van der Waals surface area contributed by atoms with Gasteiger partial charge in [0.05, 0.1) is 5.56 Å². The van der Waals surface area contributed by atoms with Crippen molar-refractivity contribution in [3.05, 3.63) is 29.6 Å². The summed E-state index contributed by atoms with van der Waals surface area (Å²) < 4.78 is 51.3. The van der Waals surface area contributed by atoms with E-state index in [1.165, 1.54) is 6.07 Å². The zero-order valence-electron chi connectivity index (χ0n) is 12.3. The van der Waals surface area contributed by atoms with Gasteiger partial charge in [-0.15, -0.1) is 0 Å². The highest BCUT2D eigenvalue weighted by atomic mass is 19.4. The number of rotatable bonds is 3. The molecule has 0 amide bonds. The second-order valence-corrected chi connectivity index (χ2v) is 6.19. The molecule has 0 saturated heterocycles. The molecule has 1 nitrogen and oxygen atoms in total. The van der Waals surface area contributed by atoms with E-state index in [1.807, 2.05) is 0 Å². The van der Waals surface area contributed by atoms with Crippen molar-refractivity contribution in [2.24, 2.45) is 11.8 Å². The van der Waals surface area contributed by atoms with Crippen LogP contribution in [-0.2, 0) is 6.18 Å². The Bertz CT molecular complexity index is 474. The molecule has 5 heteroatoms. The molecule has 1 saturated carbocycles. The van der Waals surface area contributed by atoms with Gasteiger partial charge in [-0.25, -0.2) is 4.39 Å². The van der Waals surface area contributed by atoms with Crippen LogP contribution in [0.1, 0.15) is 45.1 Å². The van der Waals surface area contributed by atoms with Crippen molar-refractivity contribution in [3.8, 4) is 0 Å². The molecule has 1 aliphatic carbocycles. The van der Waals surface area contributed by atoms with Crippen molar-refractivity contribution >= 4 is 5.69 Å². The Hall–Kier alpha value is -1.26. The first kappa shape index (κ1) is 16.1. The van der Waals surface area contributed by atoms with Crippen LogP contribution >= 0.6 is 0 Å². The van der Waals surface area contributed by atoms with Crippen molar-refractivity contribution in [2.45, 2.75) is 51.7 Å². The lowest BCUT2D eigenvalue weighted by molar-refractivity contribution is -0.139. The van der Waals surface area contributed by atoms with Crippen LogP contribution in [-0.4, -0.2) is 6.04 Å². The van der Waals surface area contributed by atoms with Crippen molar-refractivity contribution in [3.63, 3.8) is 0 Å². The van der Waals surface area contributed by atoms with E-state index in [9.17, 15) is 17.6 Å². The first-order chi connectivity index (χ1) is 9.77. The second-order valence-electron chi connectivity index (χ2n) is 6.19. The molecule has 0 unspecified atom stereocenters. The number of hydrogen-bond acceptors (Lipinski definition) is 1. The Morgan fingerprint density at radius 3 is 2.24 bits per heavy atom. The van der Waals surface area contributed by atoms with Gasteiger partial charge in [0.2, 0.25) is 0 Å². The Labute approximate surface area is 122 Å². The minimum atomic E-state index is -4.66. The quantitative estimate of drug-likeness (QED) is 0.730. The molecule has 0 heterocycles. The Kier molecular flexibility index (Phi) is 4.79. The van der Waals surface area contributed by atoms with Crippen LogP contribution in [0.3, 0.4) is 0 Å². The van der Waals surface area contributed by atoms with Crippen LogP contribution in [0.5, 0.6) is 0 Å². The third kappa shape index (κ3) is 4.11. The van der Waals surface area contributed by atoms with Gasteiger partial charge in [0.1, 0.15) is 5.82 Å². The minimum Gasteiger partial charge on any atom is -0.382 e. The predicted molar refractivity (Wildman–Crippen MR) is 75.6 cm³/mol. The summed E-state index contributed by atoms with van der Waals surface area (Å²) in [4.78, 5) is 0. The van der Waals surface area contributed by atoms with Crippen LogP contribution in [0.15, 0.2) is 18.2 Å². The topological polar surface area (TPSA) is 12.0 Å². The molecule has 0 aliphatic heterocycles. The molecule has 0 spiro atoms. The third-order valence-corrected chi connectivity index (χ3v) is 4.36. The average molecular weight is 303 g/mol. The fourth-order valence-corrected chi connectivity index (χ4v) is 3.00. The number of nitrogens with one attached hydrogen (secondary N) is 1. The van der Waals surface area contributed by atoms with Gasteiger partial charge in [0.25, 0.3) is 0 Å². The molecular formula is C16H21F4N. The van der Waals surface area contributed by atoms with E-state index in [2.05, 4.69) is 19.2 Å². The standard InChI is InChI=1S/C16H21F4N/c1-10(2)11-3-5-12(6-4-11)21-13-7-8-15(17)14(9-13)16(18,19)20/h7-12,21H,3-6H2,1-2H3. The number of halogens is 4.